The number of benzene rings is 8. The van der Waals surface area contributed by atoms with Crippen LogP contribution in [0, 0.1) is 11.3 Å². The molecule has 0 atom stereocenters. The molecule has 0 aliphatic carbocycles. The van der Waals surface area contributed by atoms with Crippen LogP contribution in [-0.2, 0) is 0 Å². The monoisotopic (exact) mass is 765 g/mol. The van der Waals surface area contributed by atoms with Gasteiger partial charge < -0.3 is 23.2 Å². The fraction of sp³-hybridized carbons (Fsp3) is 0. The molecule has 266 valence electrons. The van der Waals surface area contributed by atoms with E-state index in [-0.39, 0.29) is 16.3 Å². The van der Waals surface area contributed by atoms with Gasteiger partial charge in [0, 0.05) is 50.0 Å². The van der Waals surface area contributed by atoms with Crippen LogP contribution in [0.4, 0.5) is 34.1 Å². The molecule has 14 rings (SSSR count). The number of rotatable bonds is 2. The quantitative estimate of drug-likeness (QED) is 0.164. The van der Waals surface area contributed by atoms with E-state index < -0.39 is 281 Å². The van der Waals surface area contributed by atoms with Crippen molar-refractivity contribution < 1.29 is 45.8 Å². The third kappa shape index (κ3) is 3.68. The van der Waals surface area contributed by atoms with Gasteiger partial charge in [-0.25, -0.2) is 0 Å². The molecule has 3 aliphatic rings. The molecule has 0 fully saturated rings. The summed E-state index contributed by atoms with van der Waals surface area (Å²) in [6.45, 7) is -1.92. The minimum absolute atomic E-state index is 0.333. The van der Waals surface area contributed by atoms with Crippen LogP contribution in [0.3, 0.4) is 0 Å². The maximum Gasteiger partial charge on any atom is 0.297 e. The van der Waals surface area contributed by atoms with Gasteiger partial charge in [-0.3, -0.25) is 0 Å². The van der Waals surface area contributed by atoms with E-state index in [2.05, 4.69) is 0 Å². The van der Waals surface area contributed by atoms with Crippen LogP contribution in [0.2, 0.25) is 0 Å². The van der Waals surface area contributed by atoms with Crippen molar-refractivity contribution in [2.45, 2.75) is 0 Å². The first kappa shape index (κ1) is 14.9. The summed E-state index contributed by atoms with van der Waals surface area (Å²) in [5.41, 5.74) is -10.4. The second-order valence-corrected chi connectivity index (χ2v) is 13.4. The smallest absolute Gasteiger partial charge is 0.297 e. The standard InChI is InChI=1S/C51H27BN4O2/c53-28-29-24-42-47-43(25-29)56-40-17-8-14-36-33-12-4-6-16-39(33)55(48(36)40)41-18-9-15-38(50(41)56)52(47)51-49(37-26-31(20-23-45(37)58-51)30-10-2-1-3-11-30)54(42)32-21-22-35-34-13-5-7-19-44(34)57-46(35)27-32/h1-27H/i1D,2D,3D,4D,5D,6D,7D,8D,9D,10D,11D,12D,13D,14D,15D,16D,17D,18D,19D,20D,21D,22D,23D,24D,25D,26D,27D. The van der Waals surface area contributed by atoms with E-state index in [0.717, 1.165) is 14.4 Å². The molecule has 0 saturated heterocycles. The molecule has 11 aromatic rings. The Kier molecular flexibility index (Phi) is 2.73. The normalized spacial score (nSPS) is 19.9. The van der Waals surface area contributed by atoms with Crippen molar-refractivity contribution in [3.8, 4) is 22.9 Å². The second kappa shape index (κ2) is 10.7. The lowest BCUT2D eigenvalue weighted by molar-refractivity contribution is 0.651. The lowest BCUT2D eigenvalue weighted by atomic mass is 9.35. The fourth-order valence-electron chi connectivity index (χ4n) is 8.45. The van der Waals surface area contributed by atoms with Crippen LogP contribution in [0.1, 0.15) is 42.6 Å². The van der Waals surface area contributed by atoms with E-state index in [1.165, 1.54) is 0 Å². The van der Waals surface area contributed by atoms with E-state index in [9.17, 15) is 27.2 Å². The molecule has 0 unspecified atom stereocenters. The zero-order valence-corrected chi connectivity index (χ0v) is 28.7. The molecule has 0 N–H and O–H groups in total. The Balaban J connectivity index is 1.26. The van der Waals surface area contributed by atoms with Crippen LogP contribution in [0.25, 0.3) is 71.5 Å². The maximum absolute atomic E-state index is 11.2. The van der Waals surface area contributed by atoms with Crippen molar-refractivity contribution in [3.63, 3.8) is 0 Å². The third-order valence-electron chi connectivity index (χ3n) is 10.6. The zero-order chi connectivity index (χ0) is 61.3. The SMILES string of the molecule is [2H]c1c([2H])c([2H])c(-c2c([2H])c([2H])c3oc4c(c3c2[2H])N(c2c([2H])c([2H])c3c(oc5c([2H])c([2H])c([2H])c([2H])c53)c2[2H])c2c([2H])c(C#N)c([2H])c3c2B4c2c([2H])c([2H])c([2H])c4c2N3c2c([2H])c([2H])c([2H])c3c5c([2H])c([2H])c([2H])c([2H])c5n-4c23)c([2H])c1[2H]. The number of nitriles is 1. The predicted molar refractivity (Wildman–Crippen MR) is 236 cm³/mol. The zero-order valence-electron chi connectivity index (χ0n) is 55.7. The van der Waals surface area contributed by atoms with Crippen molar-refractivity contribution in [2.24, 2.45) is 0 Å². The molecule has 6 nitrogen and oxygen atoms in total. The number of aromatic nitrogens is 1. The summed E-state index contributed by atoms with van der Waals surface area (Å²) >= 11 is 0. The van der Waals surface area contributed by atoms with Gasteiger partial charge in [0.15, 0.2) is 0 Å². The number of para-hydroxylation sites is 4. The summed E-state index contributed by atoms with van der Waals surface area (Å²) in [5, 5.41) is 8.97. The molecule has 0 radical (unpaired) electrons. The Morgan fingerprint density at radius 3 is 2.16 bits per heavy atom. The Morgan fingerprint density at radius 2 is 1.26 bits per heavy atom. The van der Waals surface area contributed by atoms with E-state index >= 15 is 0 Å². The fourth-order valence-corrected chi connectivity index (χ4v) is 8.45. The van der Waals surface area contributed by atoms with Gasteiger partial charge in [0.05, 0.1) is 88.1 Å². The Morgan fingerprint density at radius 1 is 0.517 bits per heavy atom. The second-order valence-electron chi connectivity index (χ2n) is 13.4. The molecule has 8 aromatic carbocycles. The molecule has 7 heteroatoms. The van der Waals surface area contributed by atoms with Crippen LogP contribution in [0.5, 0.6) is 0 Å². The first-order valence-corrected chi connectivity index (χ1v) is 17.4. The Labute approximate surface area is 369 Å². The molecular weight excluding hydrogens is 711 g/mol. The largest absolute Gasteiger partial charge is 0.468 e. The summed E-state index contributed by atoms with van der Waals surface area (Å²) in [6, 6.07) is -21.0. The number of hydrogen-bond donors (Lipinski definition) is 0. The van der Waals surface area contributed by atoms with Crippen LogP contribution < -0.4 is 26.4 Å². The van der Waals surface area contributed by atoms with Crippen molar-refractivity contribution >= 4 is 112 Å². The van der Waals surface area contributed by atoms with Gasteiger partial charge in [0.1, 0.15) is 16.7 Å². The van der Waals surface area contributed by atoms with Crippen molar-refractivity contribution in [1.82, 2.24) is 4.57 Å². The number of nitrogens with zero attached hydrogens (tertiary/aromatic N) is 4. The van der Waals surface area contributed by atoms with Gasteiger partial charge in [-0.1, -0.05) is 96.7 Å². The van der Waals surface area contributed by atoms with Gasteiger partial charge in [0.25, 0.3) is 6.71 Å². The van der Waals surface area contributed by atoms with E-state index in [1.807, 2.05) is 6.07 Å². The van der Waals surface area contributed by atoms with Gasteiger partial charge in [-0.2, -0.15) is 5.26 Å². The molecule has 0 saturated carbocycles. The number of fused-ring (bicyclic) bond motifs is 14. The Bertz CT molecular complexity index is 5250. The first-order valence-electron chi connectivity index (χ1n) is 30.9. The van der Waals surface area contributed by atoms with E-state index in [1.54, 1.807) is 0 Å². The summed E-state index contributed by atoms with van der Waals surface area (Å²) in [4.78, 5) is 1.92. The highest BCUT2D eigenvalue weighted by Crippen LogP contribution is 2.53. The predicted octanol–water partition coefficient (Wildman–Crippen LogP) is 11.4. The number of furan rings is 2. The van der Waals surface area contributed by atoms with Gasteiger partial charge in [-0.15, -0.1) is 0 Å². The topological polar surface area (TPSA) is 61.5 Å². The average Bonchev–Trinajstić information content (AvgIpc) is 1.66. The minimum Gasteiger partial charge on any atom is -0.468 e. The highest BCUT2D eigenvalue weighted by atomic mass is 16.3. The molecule has 3 aliphatic heterocycles. The lowest BCUT2D eigenvalue weighted by Gasteiger charge is -2.44. The summed E-state index contributed by atoms with van der Waals surface area (Å²) in [7, 11) is 0. The van der Waals surface area contributed by atoms with Crippen molar-refractivity contribution in [1.29, 1.82) is 5.26 Å². The summed E-state index contributed by atoms with van der Waals surface area (Å²) in [5.74, 6) is 0. The van der Waals surface area contributed by atoms with Crippen LogP contribution in [-0.4, -0.2) is 11.3 Å². The van der Waals surface area contributed by atoms with Crippen LogP contribution >= 0.6 is 0 Å². The van der Waals surface area contributed by atoms with E-state index in [4.69, 9.17) is 23.9 Å². The van der Waals surface area contributed by atoms with Gasteiger partial charge >= 0.3 is 0 Å². The molecule has 3 aromatic heterocycles. The molecule has 0 spiro atoms. The highest BCUT2D eigenvalue weighted by molar-refractivity contribution is 7.00. The average molecular weight is 766 g/mol. The minimum atomic E-state index is -1.92. The lowest BCUT2D eigenvalue weighted by Crippen LogP contribution is -2.61. The molecular formula is C51H27BN4O2. The summed E-state index contributed by atoms with van der Waals surface area (Å²) in [6.07, 6.45) is 0. The first-order chi connectivity index (χ1) is 40.0. The van der Waals surface area contributed by atoms with Gasteiger partial charge in [0.2, 0.25) is 0 Å². The molecule has 58 heavy (non-hydrogen) atoms. The van der Waals surface area contributed by atoms with Crippen molar-refractivity contribution in [3.05, 3.63) is 169 Å². The molecule has 0 bridgehead atoms. The highest BCUT2D eigenvalue weighted by Gasteiger charge is 2.49. The third-order valence-corrected chi connectivity index (χ3v) is 10.6. The summed E-state index contributed by atoms with van der Waals surface area (Å²) < 4.78 is 264. The molecule has 0 amide bonds. The van der Waals surface area contributed by atoms with Crippen LogP contribution in [0.15, 0.2) is 172 Å². The maximum atomic E-state index is 11.2. The number of hydrogen-bond acceptors (Lipinski definition) is 5. The van der Waals surface area contributed by atoms with E-state index in [0.29, 0.717) is 0 Å². The van der Waals surface area contributed by atoms with Gasteiger partial charge in [-0.05, 0) is 82.5 Å². The number of anilines is 6. The Hall–Kier alpha value is -7.95. The molecule has 6 heterocycles. The van der Waals surface area contributed by atoms with Crippen molar-refractivity contribution in [2.75, 3.05) is 9.80 Å².